The van der Waals surface area contributed by atoms with Gasteiger partial charge in [0.2, 0.25) is 10.0 Å². The average molecular weight is 406 g/mol. The molecule has 0 unspecified atom stereocenters. The van der Waals surface area contributed by atoms with Gasteiger partial charge in [0.1, 0.15) is 5.75 Å². The zero-order valence-electron chi connectivity index (χ0n) is 14.7. The molecule has 0 saturated carbocycles. The van der Waals surface area contributed by atoms with E-state index in [0.717, 1.165) is 16.3 Å². The average Bonchev–Trinajstić information content (AvgIpc) is 2.67. The van der Waals surface area contributed by atoms with Crippen LogP contribution in [0.15, 0.2) is 65.6 Å². The fourth-order valence-electron chi connectivity index (χ4n) is 2.92. The summed E-state index contributed by atoms with van der Waals surface area (Å²) in [7, 11) is -2.27. The van der Waals surface area contributed by atoms with E-state index in [1.54, 1.807) is 0 Å². The van der Waals surface area contributed by atoms with Crippen molar-refractivity contribution < 1.29 is 18.3 Å². The van der Waals surface area contributed by atoms with E-state index in [4.69, 9.17) is 16.3 Å². The molecule has 0 radical (unpaired) electrons. The van der Waals surface area contributed by atoms with E-state index in [-0.39, 0.29) is 22.9 Å². The van der Waals surface area contributed by atoms with Crippen molar-refractivity contribution in [3.05, 3.63) is 71.2 Å². The molecule has 0 aliphatic rings. The molecular weight excluding hydrogens is 386 g/mol. The van der Waals surface area contributed by atoms with E-state index in [2.05, 4.69) is 4.72 Å². The van der Waals surface area contributed by atoms with Crippen LogP contribution in [0.25, 0.3) is 10.8 Å². The first-order chi connectivity index (χ1) is 12.9. The van der Waals surface area contributed by atoms with Gasteiger partial charge < -0.3 is 9.84 Å². The van der Waals surface area contributed by atoms with Crippen LogP contribution in [0.4, 0.5) is 0 Å². The van der Waals surface area contributed by atoms with Gasteiger partial charge in [-0.25, -0.2) is 13.1 Å². The first kappa shape index (κ1) is 19.6. The SMILES string of the molecule is COc1ccc(S(=O)(=O)NCC[C@H](O)c2cccc3ccccc23)cc1Cl. The summed E-state index contributed by atoms with van der Waals surface area (Å²) in [6, 6.07) is 17.7. The molecule has 0 amide bonds. The van der Waals surface area contributed by atoms with Gasteiger partial charge in [-0.15, -0.1) is 0 Å². The Hall–Kier alpha value is -2.12. The molecule has 0 bridgehead atoms. The van der Waals surface area contributed by atoms with Crippen molar-refractivity contribution in [1.29, 1.82) is 0 Å². The molecule has 7 heteroatoms. The predicted molar refractivity (Wildman–Crippen MR) is 107 cm³/mol. The highest BCUT2D eigenvalue weighted by Crippen LogP contribution is 2.28. The number of benzene rings is 3. The molecule has 2 N–H and O–H groups in total. The number of ether oxygens (including phenoxy) is 1. The van der Waals surface area contributed by atoms with Crippen LogP contribution in [0.2, 0.25) is 5.02 Å². The molecule has 1 atom stereocenters. The Kier molecular flexibility index (Phi) is 6.01. The molecule has 27 heavy (non-hydrogen) atoms. The third kappa shape index (κ3) is 4.42. The second-order valence-electron chi connectivity index (χ2n) is 6.07. The zero-order chi connectivity index (χ0) is 19.4. The van der Waals surface area contributed by atoms with Crippen LogP contribution < -0.4 is 9.46 Å². The number of methoxy groups -OCH3 is 1. The van der Waals surface area contributed by atoms with Gasteiger partial charge in [-0.2, -0.15) is 0 Å². The number of nitrogens with one attached hydrogen (secondary N) is 1. The molecule has 3 aromatic rings. The Morgan fingerprint density at radius 2 is 1.85 bits per heavy atom. The number of aliphatic hydroxyl groups is 1. The molecule has 0 fully saturated rings. The first-order valence-corrected chi connectivity index (χ1v) is 10.3. The molecule has 0 aliphatic carbocycles. The van der Waals surface area contributed by atoms with Gasteiger partial charge in [0.15, 0.2) is 0 Å². The fraction of sp³-hybridized carbons (Fsp3) is 0.200. The van der Waals surface area contributed by atoms with Crippen molar-refractivity contribution in [2.45, 2.75) is 17.4 Å². The normalized spacial score (nSPS) is 12.9. The number of hydrogen-bond acceptors (Lipinski definition) is 4. The summed E-state index contributed by atoms with van der Waals surface area (Å²) < 4.78 is 32.4. The topological polar surface area (TPSA) is 75.6 Å². The van der Waals surface area contributed by atoms with Crippen molar-refractivity contribution in [3.63, 3.8) is 0 Å². The number of sulfonamides is 1. The highest BCUT2D eigenvalue weighted by atomic mass is 35.5. The Balaban J connectivity index is 1.69. The van der Waals surface area contributed by atoms with E-state index in [9.17, 15) is 13.5 Å². The van der Waals surface area contributed by atoms with Crippen LogP contribution in [0, 0.1) is 0 Å². The Morgan fingerprint density at radius 1 is 1.11 bits per heavy atom. The number of halogens is 1. The monoisotopic (exact) mass is 405 g/mol. The van der Waals surface area contributed by atoms with Crippen LogP contribution in [-0.2, 0) is 10.0 Å². The van der Waals surface area contributed by atoms with Gasteiger partial charge in [-0.05, 0) is 41.0 Å². The second-order valence-corrected chi connectivity index (χ2v) is 8.24. The van der Waals surface area contributed by atoms with Crippen molar-refractivity contribution in [2.75, 3.05) is 13.7 Å². The van der Waals surface area contributed by atoms with Crippen LogP contribution in [-0.4, -0.2) is 27.2 Å². The minimum Gasteiger partial charge on any atom is -0.495 e. The summed E-state index contributed by atoms with van der Waals surface area (Å²) in [6.45, 7) is 0.0936. The molecule has 0 aromatic heterocycles. The highest BCUT2D eigenvalue weighted by Gasteiger charge is 2.17. The summed E-state index contributed by atoms with van der Waals surface area (Å²) in [5.41, 5.74) is 0.778. The van der Waals surface area contributed by atoms with Crippen molar-refractivity contribution in [1.82, 2.24) is 4.72 Å². The Labute approximate surface area is 163 Å². The summed E-state index contributed by atoms with van der Waals surface area (Å²) in [5, 5.41) is 12.7. The third-order valence-corrected chi connectivity index (χ3v) is 6.08. The molecular formula is C20H20ClNO4S. The lowest BCUT2D eigenvalue weighted by molar-refractivity contribution is 0.170. The number of rotatable bonds is 7. The van der Waals surface area contributed by atoms with Gasteiger partial charge in [0, 0.05) is 6.54 Å². The number of fused-ring (bicyclic) bond motifs is 1. The minimum atomic E-state index is -3.73. The molecule has 0 heterocycles. The summed E-state index contributed by atoms with van der Waals surface area (Å²) in [4.78, 5) is 0.0490. The zero-order valence-corrected chi connectivity index (χ0v) is 16.3. The number of hydrogen-bond donors (Lipinski definition) is 2. The van der Waals surface area contributed by atoms with Crippen LogP contribution in [0.3, 0.4) is 0 Å². The maximum absolute atomic E-state index is 12.4. The van der Waals surface area contributed by atoms with Gasteiger partial charge >= 0.3 is 0 Å². The molecule has 0 aliphatic heterocycles. The maximum atomic E-state index is 12.4. The molecule has 0 saturated heterocycles. The van der Waals surface area contributed by atoms with E-state index < -0.39 is 16.1 Å². The van der Waals surface area contributed by atoms with Crippen LogP contribution >= 0.6 is 11.6 Å². The summed E-state index contributed by atoms with van der Waals surface area (Å²) in [6.07, 6.45) is -0.532. The van der Waals surface area contributed by atoms with Crippen molar-refractivity contribution >= 4 is 32.4 Å². The minimum absolute atomic E-state index is 0.0490. The summed E-state index contributed by atoms with van der Waals surface area (Å²) in [5.74, 6) is 0.405. The molecule has 0 spiro atoms. The third-order valence-electron chi connectivity index (χ3n) is 4.33. The van der Waals surface area contributed by atoms with Gasteiger partial charge in [-0.3, -0.25) is 0 Å². The lowest BCUT2D eigenvalue weighted by Gasteiger charge is -2.14. The van der Waals surface area contributed by atoms with Gasteiger partial charge in [0.05, 0.1) is 23.1 Å². The molecule has 142 valence electrons. The Bertz CT molecular complexity index is 1050. The Morgan fingerprint density at radius 3 is 2.59 bits per heavy atom. The van der Waals surface area contributed by atoms with Gasteiger partial charge in [0.25, 0.3) is 0 Å². The molecule has 5 nitrogen and oxygen atoms in total. The van der Waals surface area contributed by atoms with E-state index in [1.165, 1.54) is 25.3 Å². The highest BCUT2D eigenvalue weighted by molar-refractivity contribution is 7.89. The first-order valence-electron chi connectivity index (χ1n) is 8.41. The van der Waals surface area contributed by atoms with Crippen LogP contribution in [0.5, 0.6) is 5.75 Å². The fourth-order valence-corrected chi connectivity index (χ4v) is 4.32. The summed E-state index contributed by atoms with van der Waals surface area (Å²) >= 11 is 6.00. The van der Waals surface area contributed by atoms with Crippen LogP contribution in [0.1, 0.15) is 18.1 Å². The lowest BCUT2D eigenvalue weighted by Crippen LogP contribution is -2.26. The van der Waals surface area contributed by atoms with Gasteiger partial charge in [-0.1, -0.05) is 54.1 Å². The lowest BCUT2D eigenvalue weighted by atomic mass is 9.99. The molecule has 3 aromatic carbocycles. The quantitative estimate of drug-likeness (QED) is 0.625. The smallest absolute Gasteiger partial charge is 0.240 e. The van der Waals surface area contributed by atoms with E-state index in [0.29, 0.717) is 5.75 Å². The van der Waals surface area contributed by atoms with E-state index >= 15 is 0 Å². The molecule has 3 rings (SSSR count). The number of aliphatic hydroxyl groups excluding tert-OH is 1. The van der Waals surface area contributed by atoms with E-state index in [1.807, 2.05) is 42.5 Å². The maximum Gasteiger partial charge on any atom is 0.240 e. The second kappa shape index (κ2) is 8.27. The standard InChI is InChI=1S/C20H20ClNO4S/c1-26-20-10-9-15(13-18(20)21)27(24,25)22-12-11-19(23)17-8-4-6-14-5-2-3-7-16(14)17/h2-10,13,19,22-23H,11-12H2,1H3/t19-/m0/s1. The van der Waals surface area contributed by atoms with Crippen molar-refractivity contribution in [2.24, 2.45) is 0 Å². The predicted octanol–water partition coefficient (Wildman–Crippen LogP) is 3.90. The van der Waals surface area contributed by atoms with Crippen molar-refractivity contribution in [3.8, 4) is 5.75 Å². The largest absolute Gasteiger partial charge is 0.495 e.